The summed E-state index contributed by atoms with van der Waals surface area (Å²) in [7, 11) is 1.29. The number of pyridine rings is 1. The lowest BCUT2D eigenvalue weighted by molar-refractivity contribution is -0.135. The summed E-state index contributed by atoms with van der Waals surface area (Å²) in [4.78, 5) is 17.4. The van der Waals surface area contributed by atoms with Crippen molar-refractivity contribution in [3.05, 3.63) is 66.7 Å². The van der Waals surface area contributed by atoms with E-state index in [-0.39, 0.29) is 18.5 Å². The van der Waals surface area contributed by atoms with Crippen LogP contribution in [0.15, 0.2) is 61.0 Å². The molecular formula is C19H19FN2O2. The minimum absolute atomic E-state index is 0.0910. The molecule has 0 spiro atoms. The molecule has 2 rings (SSSR count). The number of esters is 1. The number of alkyl halides is 1. The molecule has 0 aliphatic carbocycles. The molecule has 1 aliphatic heterocycles. The van der Waals surface area contributed by atoms with Gasteiger partial charge >= 0.3 is 5.97 Å². The minimum atomic E-state index is -1.63. The number of hydrogen-bond acceptors (Lipinski definition) is 4. The molecule has 2 heterocycles. The van der Waals surface area contributed by atoms with Crippen LogP contribution in [0.1, 0.15) is 12.1 Å². The number of carbonyl (C=O) groups excluding carboxylic acids is 1. The Bertz CT molecular complexity index is 731. The van der Waals surface area contributed by atoms with Crippen molar-refractivity contribution in [2.45, 2.75) is 12.1 Å². The number of nitrogens with zero attached hydrogens (tertiary/aromatic N) is 2. The van der Waals surface area contributed by atoms with Crippen molar-refractivity contribution in [2.24, 2.45) is 0 Å². The highest BCUT2D eigenvalue weighted by molar-refractivity contribution is 5.91. The molecule has 24 heavy (non-hydrogen) atoms. The first-order valence-corrected chi connectivity index (χ1v) is 7.47. The van der Waals surface area contributed by atoms with Crippen molar-refractivity contribution in [3.63, 3.8) is 0 Å². The first-order valence-electron chi connectivity index (χ1n) is 7.47. The molecule has 5 heteroatoms. The third-order valence-electron chi connectivity index (χ3n) is 3.67. The first-order chi connectivity index (χ1) is 11.5. The molecule has 0 N–H and O–H groups in total. The van der Waals surface area contributed by atoms with E-state index < -0.39 is 11.6 Å². The molecule has 0 bridgehead atoms. The predicted molar refractivity (Wildman–Crippen MR) is 90.6 cm³/mol. The van der Waals surface area contributed by atoms with Crippen LogP contribution in [0.5, 0.6) is 0 Å². The van der Waals surface area contributed by atoms with E-state index in [1.807, 2.05) is 0 Å². The number of rotatable bonds is 4. The summed E-state index contributed by atoms with van der Waals surface area (Å²) in [5.41, 5.74) is -0.298. The molecule has 4 nitrogen and oxygen atoms in total. The van der Waals surface area contributed by atoms with Gasteiger partial charge in [-0.05, 0) is 24.1 Å². The molecule has 1 atom stereocenters. The Kier molecular flexibility index (Phi) is 5.54. The molecule has 1 fully saturated rings. The number of methoxy groups -OCH3 is 1. The Hall–Kier alpha value is -2.87. The Morgan fingerprint density at radius 3 is 2.96 bits per heavy atom. The zero-order valence-electron chi connectivity index (χ0n) is 13.6. The molecule has 1 aromatic rings. The normalized spacial score (nSPS) is 20.1. The molecule has 0 aromatic carbocycles. The average molecular weight is 326 g/mol. The number of hydrogen-bond donors (Lipinski definition) is 0. The van der Waals surface area contributed by atoms with Crippen LogP contribution in [0.2, 0.25) is 0 Å². The fraction of sp³-hybridized carbons (Fsp3) is 0.263. The van der Waals surface area contributed by atoms with Crippen molar-refractivity contribution in [2.75, 3.05) is 20.2 Å². The van der Waals surface area contributed by atoms with Crippen molar-refractivity contribution >= 4 is 5.97 Å². The van der Waals surface area contributed by atoms with Crippen LogP contribution in [0, 0.1) is 11.8 Å². The van der Waals surface area contributed by atoms with Gasteiger partial charge in [-0.3, -0.25) is 0 Å². The van der Waals surface area contributed by atoms with E-state index in [0.717, 1.165) is 0 Å². The monoisotopic (exact) mass is 326 g/mol. The van der Waals surface area contributed by atoms with Gasteiger partial charge in [0, 0.05) is 24.9 Å². The third-order valence-corrected chi connectivity index (χ3v) is 3.67. The predicted octanol–water partition coefficient (Wildman–Crippen LogP) is 2.65. The zero-order valence-corrected chi connectivity index (χ0v) is 13.6. The maximum absolute atomic E-state index is 14.8. The fourth-order valence-corrected chi connectivity index (χ4v) is 2.32. The highest BCUT2D eigenvalue weighted by atomic mass is 19.1. The maximum atomic E-state index is 14.8. The van der Waals surface area contributed by atoms with Gasteiger partial charge in [-0.15, -0.1) is 0 Å². The van der Waals surface area contributed by atoms with E-state index >= 15 is 0 Å². The molecule has 0 radical (unpaired) electrons. The van der Waals surface area contributed by atoms with Crippen LogP contribution >= 0.6 is 0 Å². The van der Waals surface area contributed by atoms with Gasteiger partial charge in [0.2, 0.25) is 0 Å². The van der Waals surface area contributed by atoms with E-state index in [0.29, 0.717) is 17.9 Å². The quantitative estimate of drug-likeness (QED) is 0.369. The lowest BCUT2D eigenvalue weighted by atomic mass is 10.1. The van der Waals surface area contributed by atoms with Gasteiger partial charge in [-0.1, -0.05) is 31.2 Å². The van der Waals surface area contributed by atoms with E-state index in [9.17, 15) is 9.18 Å². The highest BCUT2D eigenvalue weighted by Crippen LogP contribution is 2.28. The molecular weight excluding hydrogens is 307 g/mol. The summed E-state index contributed by atoms with van der Waals surface area (Å²) in [6, 6.07) is 5.32. The van der Waals surface area contributed by atoms with Gasteiger partial charge in [-0.25, -0.2) is 14.2 Å². The number of aromatic nitrogens is 1. The van der Waals surface area contributed by atoms with Crippen LogP contribution in [0.25, 0.3) is 0 Å². The molecule has 1 saturated heterocycles. The summed E-state index contributed by atoms with van der Waals surface area (Å²) < 4.78 is 19.5. The van der Waals surface area contributed by atoms with E-state index in [1.165, 1.54) is 19.3 Å². The second-order valence-corrected chi connectivity index (χ2v) is 5.39. The summed E-state index contributed by atoms with van der Waals surface area (Å²) in [5.74, 6) is 4.93. The SMILES string of the molecule is C=C/C(=C\C(=C)N1CCC(F)(C#Cc2ccccn2)C1)C(=O)OC. The van der Waals surface area contributed by atoms with Gasteiger partial charge in [0.1, 0.15) is 5.69 Å². The van der Waals surface area contributed by atoms with Gasteiger partial charge in [0.25, 0.3) is 0 Å². The van der Waals surface area contributed by atoms with Gasteiger partial charge in [0.15, 0.2) is 5.67 Å². The third kappa shape index (κ3) is 4.32. The number of halogens is 1. The second-order valence-electron chi connectivity index (χ2n) is 5.39. The largest absolute Gasteiger partial charge is 0.465 e. The number of allylic oxidation sites excluding steroid dienone is 1. The Morgan fingerprint density at radius 1 is 1.54 bits per heavy atom. The van der Waals surface area contributed by atoms with Crippen LogP contribution in [-0.2, 0) is 9.53 Å². The molecule has 1 aliphatic rings. The number of carbonyl (C=O) groups is 1. The lowest BCUT2D eigenvalue weighted by Crippen LogP contribution is -2.26. The van der Waals surface area contributed by atoms with Crippen LogP contribution in [-0.4, -0.2) is 41.7 Å². The smallest absolute Gasteiger partial charge is 0.337 e. The number of ether oxygens (including phenoxy) is 1. The Balaban J connectivity index is 2.08. The van der Waals surface area contributed by atoms with Crippen molar-refractivity contribution in [3.8, 4) is 11.8 Å². The average Bonchev–Trinajstić information content (AvgIpc) is 3.01. The van der Waals surface area contributed by atoms with Gasteiger partial charge < -0.3 is 9.64 Å². The number of likely N-dealkylation sites (tertiary alicyclic amines) is 1. The minimum Gasteiger partial charge on any atom is -0.465 e. The summed E-state index contributed by atoms with van der Waals surface area (Å²) in [6.07, 6.45) is 4.81. The molecule has 1 aromatic heterocycles. The molecule has 0 saturated carbocycles. The van der Waals surface area contributed by atoms with E-state index in [4.69, 9.17) is 0 Å². The summed E-state index contributed by atoms with van der Waals surface area (Å²) in [6.45, 7) is 8.02. The van der Waals surface area contributed by atoms with Crippen LogP contribution in [0.4, 0.5) is 4.39 Å². The standard InChI is InChI=1S/C19H19FN2O2/c1-4-16(18(23)24-3)13-15(2)22-12-10-19(20,14-22)9-8-17-7-5-6-11-21-17/h4-7,11,13H,1-2,10,12,14H2,3H3/b16-13+. The van der Waals surface area contributed by atoms with Crippen molar-refractivity contribution < 1.29 is 13.9 Å². The second kappa shape index (κ2) is 7.60. The summed E-state index contributed by atoms with van der Waals surface area (Å²) >= 11 is 0. The topological polar surface area (TPSA) is 42.4 Å². The zero-order chi connectivity index (χ0) is 17.6. The van der Waals surface area contributed by atoms with Gasteiger partial charge in [0.05, 0.1) is 19.2 Å². The summed E-state index contributed by atoms with van der Waals surface area (Å²) in [5, 5.41) is 0. The Labute approximate surface area is 141 Å². The first kappa shape index (κ1) is 17.5. The van der Waals surface area contributed by atoms with E-state index in [1.54, 1.807) is 29.3 Å². The maximum Gasteiger partial charge on any atom is 0.337 e. The molecule has 0 amide bonds. The van der Waals surface area contributed by atoms with Crippen LogP contribution < -0.4 is 0 Å². The van der Waals surface area contributed by atoms with Crippen molar-refractivity contribution in [1.82, 2.24) is 9.88 Å². The van der Waals surface area contributed by atoms with Crippen molar-refractivity contribution in [1.29, 1.82) is 0 Å². The van der Waals surface area contributed by atoms with E-state index in [2.05, 4.69) is 34.7 Å². The van der Waals surface area contributed by atoms with Crippen LogP contribution in [0.3, 0.4) is 0 Å². The molecule has 1 unspecified atom stereocenters. The Morgan fingerprint density at radius 2 is 2.33 bits per heavy atom. The lowest BCUT2D eigenvalue weighted by Gasteiger charge is -2.19. The van der Waals surface area contributed by atoms with Gasteiger partial charge in [-0.2, -0.15) is 0 Å². The fourth-order valence-electron chi connectivity index (χ4n) is 2.32. The highest BCUT2D eigenvalue weighted by Gasteiger charge is 2.37. The molecule has 124 valence electrons.